The average Bonchev–Trinajstić information content (AvgIpc) is 2.66. The first-order chi connectivity index (χ1) is 7.53. The minimum Gasteiger partial charge on any atom is -0.383 e. The molecule has 0 saturated heterocycles. The Balaban J connectivity index is 2.27. The third-order valence-electron chi connectivity index (χ3n) is 2.49. The maximum absolute atomic E-state index is 5.18. The van der Waals surface area contributed by atoms with Crippen LogP contribution in [0.5, 0.6) is 0 Å². The van der Waals surface area contributed by atoms with Crippen molar-refractivity contribution in [2.75, 3.05) is 13.7 Å². The molecule has 0 aromatic carbocycles. The lowest BCUT2D eigenvalue weighted by Gasteiger charge is -2.29. The molecule has 1 N–H and O–H groups in total. The van der Waals surface area contributed by atoms with Gasteiger partial charge < -0.3 is 10.1 Å². The van der Waals surface area contributed by atoms with Gasteiger partial charge in [0.1, 0.15) is 0 Å². The zero-order valence-electron chi connectivity index (χ0n) is 10.7. The van der Waals surface area contributed by atoms with Crippen LogP contribution in [0.3, 0.4) is 0 Å². The summed E-state index contributed by atoms with van der Waals surface area (Å²) >= 11 is 0. The highest BCUT2D eigenvalue weighted by atomic mass is 16.5. The number of hydrogen-bond acceptors (Lipinski definition) is 3. The van der Waals surface area contributed by atoms with Crippen LogP contribution in [0, 0.1) is 0 Å². The molecule has 4 nitrogen and oxygen atoms in total. The molecule has 0 aliphatic heterocycles. The second-order valence-corrected chi connectivity index (χ2v) is 4.92. The minimum atomic E-state index is 0.0261. The van der Waals surface area contributed by atoms with Gasteiger partial charge in [-0.2, -0.15) is 5.10 Å². The molecular weight excluding hydrogens is 202 g/mol. The van der Waals surface area contributed by atoms with Crippen LogP contribution < -0.4 is 5.32 Å². The van der Waals surface area contributed by atoms with Gasteiger partial charge in [0.05, 0.1) is 6.61 Å². The van der Waals surface area contributed by atoms with Crippen molar-refractivity contribution < 1.29 is 4.74 Å². The molecule has 0 bridgehead atoms. The number of methoxy groups -OCH3 is 1. The number of aryl methyl sites for hydroxylation is 1. The summed E-state index contributed by atoms with van der Waals surface area (Å²) in [5, 5.41) is 7.74. The lowest BCUT2D eigenvalue weighted by atomic mass is 10.0. The Bertz CT molecular complexity index is 282. The van der Waals surface area contributed by atoms with E-state index in [1.807, 2.05) is 23.1 Å². The highest BCUT2D eigenvalue weighted by Crippen LogP contribution is 2.06. The Morgan fingerprint density at radius 2 is 2.25 bits per heavy atom. The van der Waals surface area contributed by atoms with Gasteiger partial charge in [-0.1, -0.05) is 0 Å². The van der Waals surface area contributed by atoms with Gasteiger partial charge in [-0.15, -0.1) is 0 Å². The van der Waals surface area contributed by atoms with Crippen LogP contribution in [0.25, 0.3) is 0 Å². The van der Waals surface area contributed by atoms with Crippen molar-refractivity contribution in [1.82, 2.24) is 15.1 Å². The summed E-state index contributed by atoms with van der Waals surface area (Å²) in [6.07, 6.45) is 4.87. The molecule has 0 aliphatic rings. The Morgan fingerprint density at radius 1 is 1.50 bits per heavy atom. The molecule has 1 aromatic rings. The van der Waals surface area contributed by atoms with E-state index in [4.69, 9.17) is 4.74 Å². The largest absolute Gasteiger partial charge is 0.383 e. The normalized spacial score (nSPS) is 14.0. The van der Waals surface area contributed by atoms with Crippen LogP contribution in [0.4, 0.5) is 0 Å². The van der Waals surface area contributed by atoms with Gasteiger partial charge in [0.15, 0.2) is 0 Å². The van der Waals surface area contributed by atoms with Crippen molar-refractivity contribution in [3.63, 3.8) is 0 Å². The molecule has 1 rings (SSSR count). The van der Waals surface area contributed by atoms with Gasteiger partial charge in [-0.3, -0.25) is 4.68 Å². The summed E-state index contributed by atoms with van der Waals surface area (Å²) in [6.45, 7) is 8.17. The number of rotatable bonds is 7. The monoisotopic (exact) mass is 225 g/mol. The van der Waals surface area contributed by atoms with Crippen LogP contribution in [-0.2, 0) is 11.3 Å². The molecule has 1 aromatic heterocycles. The van der Waals surface area contributed by atoms with E-state index in [9.17, 15) is 0 Å². The minimum absolute atomic E-state index is 0.0261. The fourth-order valence-electron chi connectivity index (χ4n) is 1.90. The SMILES string of the molecule is COCC(C)(C)NC(C)CCn1cccn1. The van der Waals surface area contributed by atoms with E-state index in [-0.39, 0.29) is 5.54 Å². The van der Waals surface area contributed by atoms with Crippen molar-refractivity contribution >= 4 is 0 Å². The smallest absolute Gasteiger partial charge is 0.0639 e. The molecule has 1 atom stereocenters. The first kappa shape index (κ1) is 13.2. The summed E-state index contributed by atoms with van der Waals surface area (Å²) in [5.74, 6) is 0. The molecule has 16 heavy (non-hydrogen) atoms. The topological polar surface area (TPSA) is 39.1 Å². The molecule has 0 fully saturated rings. The quantitative estimate of drug-likeness (QED) is 0.767. The van der Waals surface area contributed by atoms with Crippen molar-refractivity contribution in [2.24, 2.45) is 0 Å². The third kappa shape index (κ3) is 4.77. The molecular formula is C12H23N3O. The van der Waals surface area contributed by atoms with Crippen molar-refractivity contribution in [2.45, 2.75) is 45.3 Å². The van der Waals surface area contributed by atoms with Crippen LogP contribution in [-0.4, -0.2) is 35.1 Å². The van der Waals surface area contributed by atoms with E-state index >= 15 is 0 Å². The predicted octanol–water partition coefficient (Wildman–Crippen LogP) is 1.68. The molecule has 0 saturated carbocycles. The number of nitrogens with zero attached hydrogens (tertiary/aromatic N) is 2. The van der Waals surface area contributed by atoms with Crippen LogP contribution in [0.1, 0.15) is 27.2 Å². The summed E-state index contributed by atoms with van der Waals surface area (Å²) in [6, 6.07) is 2.40. The van der Waals surface area contributed by atoms with Gasteiger partial charge in [-0.25, -0.2) is 0 Å². The predicted molar refractivity (Wildman–Crippen MR) is 65.4 cm³/mol. The lowest BCUT2D eigenvalue weighted by molar-refractivity contribution is 0.120. The highest BCUT2D eigenvalue weighted by Gasteiger charge is 2.19. The van der Waals surface area contributed by atoms with Gasteiger partial charge in [0, 0.05) is 37.6 Å². The summed E-state index contributed by atoms with van der Waals surface area (Å²) in [4.78, 5) is 0. The van der Waals surface area contributed by atoms with Crippen LogP contribution in [0.2, 0.25) is 0 Å². The van der Waals surface area contributed by atoms with Gasteiger partial charge >= 0.3 is 0 Å². The summed E-state index contributed by atoms with van der Waals surface area (Å²) in [7, 11) is 1.73. The van der Waals surface area contributed by atoms with E-state index in [0.717, 1.165) is 19.6 Å². The van der Waals surface area contributed by atoms with E-state index in [1.54, 1.807) is 7.11 Å². The van der Waals surface area contributed by atoms with Crippen molar-refractivity contribution in [3.05, 3.63) is 18.5 Å². The van der Waals surface area contributed by atoms with Crippen molar-refractivity contribution in [1.29, 1.82) is 0 Å². The van der Waals surface area contributed by atoms with Crippen LogP contribution >= 0.6 is 0 Å². The Labute approximate surface area is 98.0 Å². The first-order valence-electron chi connectivity index (χ1n) is 5.77. The Hall–Kier alpha value is -0.870. The Kier molecular flexibility index (Phi) is 4.96. The first-order valence-corrected chi connectivity index (χ1v) is 5.77. The van der Waals surface area contributed by atoms with Crippen LogP contribution in [0.15, 0.2) is 18.5 Å². The van der Waals surface area contributed by atoms with Gasteiger partial charge in [-0.05, 0) is 33.3 Å². The zero-order valence-corrected chi connectivity index (χ0v) is 10.7. The van der Waals surface area contributed by atoms with Gasteiger partial charge in [0.2, 0.25) is 0 Å². The summed E-state index contributed by atoms with van der Waals surface area (Å²) < 4.78 is 7.14. The maximum Gasteiger partial charge on any atom is 0.0639 e. The Morgan fingerprint density at radius 3 is 2.81 bits per heavy atom. The zero-order chi connectivity index (χ0) is 12.0. The highest BCUT2D eigenvalue weighted by molar-refractivity contribution is 4.81. The molecule has 0 radical (unpaired) electrons. The second-order valence-electron chi connectivity index (χ2n) is 4.92. The average molecular weight is 225 g/mol. The standard InChI is InChI=1S/C12H23N3O/c1-11(14-12(2,3)10-16-4)6-9-15-8-5-7-13-15/h5,7-8,11,14H,6,9-10H2,1-4H3. The number of ether oxygens (including phenoxy) is 1. The lowest BCUT2D eigenvalue weighted by Crippen LogP contribution is -2.48. The molecule has 0 amide bonds. The summed E-state index contributed by atoms with van der Waals surface area (Å²) in [5.41, 5.74) is 0.0261. The number of nitrogens with one attached hydrogen (secondary N) is 1. The molecule has 0 spiro atoms. The second kappa shape index (κ2) is 6.01. The third-order valence-corrected chi connectivity index (χ3v) is 2.49. The fourth-order valence-corrected chi connectivity index (χ4v) is 1.90. The molecule has 4 heteroatoms. The molecule has 1 unspecified atom stereocenters. The van der Waals surface area contributed by atoms with Crippen molar-refractivity contribution in [3.8, 4) is 0 Å². The van der Waals surface area contributed by atoms with E-state index in [1.165, 1.54) is 0 Å². The molecule has 92 valence electrons. The maximum atomic E-state index is 5.18. The molecule has 0 aliphatic carbocycles. The number of aromatic nitrogens is 2. The van der Waals surface area contributed by atoms with Gasteiger partial charge in [0.25, 0.3) is 0 Å². The van der Waals surface area contributed by atoms with E-state index in [2.05, 4.69) is 31.2 Å². The molecule has 1 heterocycles. The van der Waals surface area contributed by atoms with E-state index < -0.39 is 0 Å². The number of hydrogen-bond donors (Lipinski definition) is 1. The fraction of sp³-hybridized carbons (Fsp3) is 0.750. The van der Waals surface area contributed by atoms with E-state index in [0.29, 0.717) is 6.04 Å².